The summed E-state index contributed by atoms with van der Waals surface area (Å²) in [6, 6.07) is 12.0. The van der Waals surface area contributed by atoms with Crippen LogP contribution in [-0.4, -0.2) is 15.5 Å². The number of benzene rings is 1. The van der Waals surface area contributed by atoms with Crippen LogP contribution in [0.25, 0.3) is 11.3 Å². The van der Waals surface area contributed by atoms with E-state index in [1.165, 1.54) is 12.1 Å². The van der Waals surface area contributed by atoms with Crippen LogP contribution in [0.15, 0.2) is 53.2 Å². The van der Waals surface area contributed by atoms with E-state index in [4.69, 9.17) is 0 Å². The monoisotopic (exact) mass is 439 g/mol. The molecule has 0 radical (unpaired) electrons. The lowest BCUT2D eigenvalue weighted by Crippen LogP contribution is -2.32. The normalized spacial score (nSPS) is 12.1. The molecule has 30 heavy (non-hydrogen) atoms. The summed E-state index contributed by atoms with van der Waals surface area (Å²) < 4.78 is 15.4. The number of nitrogens with zero attached hydrogens (tertiary/aromatic N) is 2. The van der Waals surface area contributed by atoms with Crippen LogP contribution in [0.5, 0.6) is 0 Å². The van der Waals surface area contributed by atoms with Crippen molar-refractivity contribution in [3.05, 3.63) is 85.9 Å². The largest absolute Gasteiger partial charge is 0.343 e. The lowest BCUT2D eigenvalue weighted by molar-refractivity contribution is -0.122. The third-order valence-corrected chi connectivity index (χ3v) is 6.82. The Labute approximate surface area is 183 Å². The van der Waals surface area contributed by atoms with Crippen LogP contribution in [0.1, 0.15) is 32.9 Å². The molecule has 4 nitrogen and oxygen atoms in total. The molecule has 0 bridgehead atoms. The molecule has 7 heteroatoms. The fraction of sp³-hybridized carbons (Fsp3) is 0.217. The molecule has 0 aliphatic rings. The predicted octanol–water partition coefficient (Wildman–Crippen LogP) is 5.64. The molecule has 1 amide bonds. The van der Waals surface area contributed by atoms with Crippen LogP contribution in [0.2, 0.25) is 0 Å². The standard InChI is InChI=1S/C23H22FN3OS2/c1-14-11-19(20-13-30-16(3)25-20)15(2)27(14)12-22(28)26-23(21-5-4-10-29-21)17-6-8-18(24)9-7-17/h4-11,13,23H,12H2,1-3H3,(H,26,28)/t23-/m0/s1. The Morgan fingerprint density at radius 1 is 1.17 bits per heavy atom. The van der Waals surface area contributed by atoms with Gasteiger partial charge in [-0.05, 0) is 56.0 Å². The van der Waals surface area contributed by atoms with E-state index in [0.717, 1.165) is 38.1 Å². The minimum atomic E-state index is -0.310. The Bertz CT molecular complexity index is 1160. The summed E-state index contributed by atoms with van der Waals surface area (Å²) in [6.07, 6.45) is 0. The Morgan fingerprint density at radius 3 is 2.57 bits per heavy atom. The molecule has 0 aliphatic heterocycles. The van der Waals surface area contributed by atoms with Gasteiger partial charge in [-0.25, -0.2) is 9.37 Å². The van der Waals surface area contributed by atoms with Crippen molar-refractivity contribution in [2.45, 2.75) is 33.4 Å². The first kappa shape index (κ1) is 20.5. The number of hydrogen-bond acceptors (Lipinski definition) is 4. The molecule has 154 valence electrons. The molecule has 0 spiro atoms. The predicted molar refractivity (Wildman–Crippen MR) is 120 cm³/mol. The Hall–Kier alpha value is -2.77. The summed E-state index contributed by atoms with van der Waals surface area (Å²) in [6.45, 7) is 6.21. The fourth-order valence-corrected chi connectivity index (χ4v) is 4.99. The van der Waals surface area contributed by atoms with E-state index in [1.54, 1.807) is 34.8 Å². The van der Waals surface area contributed by atoms with E-state index in [2.05, 4.69) is 16.4 Å². The van der Waals surface area contributed by atoms with Gasteiger partial charge in [0.25, 0.3) is 0 Å². The molecule has 1 N–H and O–H groups in total. The second-order valence-corrected chi connectivity index (χ2v) is 9.23. The third kappa shape index (κ3) is 4.22. The van der Waals surface area contributed by atoms with Crippen molar-refractivity contribution in [2.75, 3.05) is 0 Å². The molecule has 0 saturated heterocycles. The highest BCUT2D eigenvalue weighted by Crippen LogP contribution is 2.29. The van der Waals surface area contributed by atoms with Gasteiger partial charge in [0.05, 0.1) is 16.7 Å². The summed E-state index contributed by atoms with van der Waals surface area (Å²) in [5.41, 5.74) is 4.88. The molecule has 0 saturated carbocycles. The van der Waals surface area contributed by atoms with Gasteiger partial charge < -0.3 is 9.88 Å². The summed E-state index contributed by atoms with van der Waals surface area (Å²) in [5, 5.41) is 8.16. The van der Waals surface area contributed by atoms with Crippen LogP contribution >= 0.6 is 22.7 Å². The second-order valence-electron chi connectivity index (χ2n) is 7.19. The number of amides is 1. The molecular formula is C23H22FN3OS2. The average Bonchev–Trinajstić information content (AvgIpc) is 3.45. The van der Waals surface area contributed by atoms with Crippen molar-refractivity contribution < 1.29 is 9.18 Å². The minimum absolute atomic E-state index is 0.0967. The molecule has 0 fully saturated rings. The molecule has 3 aromatic heterocycles. The van der Waals surface area contributed by atoms with Gasteiger partial charge in [0, 0.05) is 27.2 Å². The number of rotatable bonds is 6. The van der Waals surface area contributed by atoms with Gasteiger partial charge in [-0.3, -0.25) is 4.79 Å². The molecule has 1 aromatic carbocycles. The molecule has 4 rings (SSSR count). The number of thiophene rings is 1. The first-order chi connectivity index (χ1) is 14.4. The van der Waals surface area contributed by atoms with E-state index in [0.29, 0.717) is 0 Å². The summed E-state index contributed by atoms with van der Waals surface area (Å²) in [4.78, 5) is 18.6. The number of thiazole rings is 1. The topological polar surface area (TPSA) is 46.9 Å². The van der Waals surface area contributed by atoms with Gasteiger partial charge in [-0.1, -0.05) is 18.2 Å². The highest BCUT2D eigenvalue weighted by molar-refractivity contribution is 7.10. The quantitative estimate of drug-likeness (QED) is 0.422. The molecule has 4 aromatic rings. The van der Waals surface area contributed by atoms with Gasteiger partial charge in [0.1, 0.15) is 12.4 Å². The van der Waals surface area contributed by atoms with Crippen molar-refractivity contribution in [3.63, 3.8) is 0 Å². The number of carbonyl (C=O) groups excluding carboxylic acids is 1. The Morgan fingerprint density at radius 2 is 1.93 bits per heavy atom. The lowest BCUT2D eigenvalue weighted by Gasteiger charge is -2.19. The van der Waals surface area contributed by atoms with Crippen LogP contribution in [-0.2, 0) is 11.3 Å². The van der Waals surface area contributed by atoms with Crippen molar-refractivity contribution in [1.29, 1.82) is 0 Å². The van der Waals surface area contributed by atoms with Crippen molar-refractivity contribution in [2.24, 2.45) is 0 Å². The van der Waals surface area contributed by atoms with E-state index < -0.39 is 0 Å². The van der Waals surface area contributed by atoms with Crippen LogP contribution in [0.3, 0.4) is 0 Å². The zero-order valence-electron chi connectivity index (χ0n) is 17.0. The van der Waals surface area contributed by atoms with Crippen molar-refractivity contribution >= 4 is 28.6 Å². The molecule has 1 atom stereocenters. The van der Waals surface area contributed by atoms with Crippen LogP contribution < -0.4 is 5.32 Å². The molecule has 0 unspecified atom stereocenters. The van der Waals surface area contributed by atoms with Crippen LogP contribution in [0, 0.1) is 26.6 Å². The van der Waals surface area contributed by atoms with E-state index in [1.807, 2.05) is 48.2 Å². The van der Waals surface area contributed by atoms with Crippen molar-refractivity contribution in [1.82, 2.24) is 14.9 Å². The Balaban J connectivity index is 1.57. The number of aryl methyl sites for hydroxylation is 2. The average molecular weight is 440 g/mol. The SMILES string of the molecule is Cc1nc(-c2cc(C)n(CC(=O)N[C@@H](c3ccc(F)cc3)c3cccs3)c2C)cs1. The number of nitrogens with one attached hydrogen (secondary N) is 1. The summed E-state index contributed by atoms with van der Waals surface area (Å²) in [5.74, 6) is -0.390. The smallest absolute Gasteiger partial charge is 0.240 e. The second kappa shape index (κ2) is 8.53. The minimum Gasteiger partial charge on any atom is -0.343 e. The van der Waals surface area contributed by atoms with Gasteiger partial charge >= 0.3 is 0 Å². The van der Waals surface area contributed by atoms with Gasteiger partial charge in [0.2, 0.25) is 5.91 Å². The molecule has 3 heterocycles. The van der Waals surface area contributed by atoms with Gasteiger partial charge in [0.15, 0.2) is 0 Å². The maximum atomic E-state index is 13.4. The zero-order valence-corrected chi connectivity index (χ0v) is 18.6. The first-order valence-electron chi connectivity index (χ1n) is 9.60. The number of aromatic nitrogens is 2. The number of carbonyl (C=O) groups is 1. The van der Waals surface area contributed by atoms with Crippen molar-refractivity contribution in [3.8, 4) is 11.3 Å². The van der Waals surface area contributed by atoms with Crippen LogP contribution in [0.4, 0.5) is 4.39 Å². The fourth-order valence-electron chi connectivity index (χ4n) is 3.57. The van der Waals surface area contributed by atoms with E-state index in [9.17, 15) is 9.18 Å². The summed E-state index contributed by atoms with van der Waals surface area (Å²) >= 11 is 3.18. The lowest BCUT2D eigenvalue weighted by atomic mass is 10.1. The van der Waals surface area contributed by atoms with E-state index in [-0.39, 0.29) is 24.3 Å². The molecule has 0 aliphatic carbocycles. The zero-order chi connectivity index (χ0) is 21.3. The highest BCUT2D eigenvalue weighted by atomic mass is 32.1. The third-order valence-electron chi connectivity index (χ3n) is 5.11. The maximum absolute atomic E-state index is 13.4. The van der Waals surface area contributed by atoms with Gasteiger partial charge in [-0.15, -0.1) is 22.7 Å². The highest BCUT2D eigenvalue weighted by Gasteiger charge is 2.20. The maximum Gasteiger partial charge on any atom is 0.240 e. The molecular weight excluding hydrogens is 417 g/mol. The number of hydrogen-bond donors (Lipinski definition) is 1. The summed E-state index contributed by atoms with van der Waals surface area (Å²) in [7, 11) is 0. The number of halogens is 1. The Kier molecular flexibility index (Phi) is 5.83. The first-order valence-corrected chi connectivity index (χ1v) is 11.4. The van der Waals surface area contributed by atoms with Gasteiger partial charge in [-0.2, -0.15) is 0 Å². The van der Waals surface area contributed by atoms with E-state index >= 15 is 0 Å².